The van der Waals surface area contributed by atoms with E-state index in [1.54, 1.807) is 0 Å². The molecule has 0 aliphatic heterocycles. The van der Waals surface area contributed by atoms with Crippen LogP contribution in [0.2, 0.25) is 5.28 Å². The van der Waals surface area contributed by atoms with E-state index in [-0.39, 0.29) is 44.7 Å². The van der Waals surface area contributed by atoms with Crippen LogP contribution in [0.15, 0.2) is 35.9 Å². The third-order valence-corrected chi connectivity index (χ3v) is 6.47. The number of pyridine rings is 1. The Kier molecular flexibility index (Phi) is 5.61. The molecule has 0 saturated heterocycles. The summed E-state index contributed by atoms with van der Waals surface area (Å²) in [5.74, 6) is -0.270. The minimum Gasteiger partial charge on any atom is -0.307 e. The van der Waals surface area contributed by atoms with Crippen molar-refractivity contribution in [1.29, 1.82) is 0 Å². The summed E-state index contributed by atoms with van der Waals surface area (Å²) in [7, 11) is -2.36. The van der Waals surface area contributed by atoms with E-state index in [2.05, 4.69) is 35.2 Å². The third-order valence-electron chi connectivity index (χ3n) is 4.56. The van der Waals surface area contributed by atoms with Crippen LogP contribution in [0.1, 0.15) is 12.6 Å². The van der Waals surface area contributed by atoms with Gasteiger partial charge in [0, 0.05) is 7.05 Å². The fourth-order valence-corrected chi connectivity index (χ4v) is 4.06. The minimum atomic E-state index is -4.68. The second-order valence-corrected chi connectivity index (χ2v) is 9.18. The van der Waals surface area contributed by atoms with Crippen molar-refractivity contribution in [2.45, 2.75) is 18.0 Å². The summed E-state index contributed by atoms with van der Waals surface area (Å²) >= 11 is 5.73. The van der Waals surface area contributed by atoms with Crippen molar-refractivity contribution in [3.05, 3.63) is 42.0 Å². The topological polar surface area (TPSA) is 134 Å². The van der Waals surface area contributed by atoms with Crippen LogP contribution >= 0.6 is 11.6 Å². The van der Waals surface area contributed by atoms with Gasteiger partial charge in [-0.25, -0.2) is 33.0 Å². The normalized spacial score (nSPS) is 12.3. The molecule has 4 aromatic rings. The summed E-state index contributed by atoms with van der Waals surface area (Å²) in [6.45, 7) is 1.46. The molecule has 0 saturated carbocycles. The first-order valence-electron chi connectivity index (χ1n) is 9.11. The summed E-state index contributed by atoms with van der Waals surface area (Å²) in [4.78, 5) is 14.9. The summed E-state index contributed by atoms with van der Waals surface area (Å²) in [5.41, 5.74) is -1.07. The van der Waals surface area contributed by atoms with Gasteiger partial charge < -0.3 is 4.57 Å². The van der Waals surface area contributed by atoms with Crippen LogP contribution in [0.4, 0.5) is 13.2 Å². The Morgan fingerprint density at radius 1 is 1.06 bits per heavy atom. The molecule has 0 spiro atoms. The molecule has 4 heterocycles. The number of halogens is 4. The zero-order valence-corrected chi connectivity index (χ0v) is 18.4. The van der Waals surface area contributed by atoms with Crippen LogP contribution in [0.3, 0.4) is 0 Å². The molecule has 11 nitrogen and oxygen atoms in total. The van der Waals surface area contributed by atoms with Crippen molar-refractivity contribution in [2.24, 2.45) is 7.05 Å². The van der Waals surface area contributed by atoms with Crippen LogP contribution in [0.5, 0.6) is 0 Å². The Bertz CT molecular complexity index is 1450. The van der Waals surface area contributed by atoms with Gasteiger partial charge in [-0.1, -0.05) is 6.92 Å². The number of hydrogen-bond donors (Lipinski definition) is 0. The van der Waals surface area contributed by atoms with Crippen molar-refractivity contribution < 1.29 is 21.6 Å². The molecule has 4 rings (SSSR count). The van der Waals surface area contributed by atoms with Gasteiger partial charge in [0.15, 0.2) is 21.5 Å². The van der Waals surface area contributed by atoms with E-state index in [0.717, 1.165) is 12.4 Å². The highest BCUT2D eigenvalue weighted by atomic mass is 35.5. The van der Waals surface area contributed by atoms with Gasteiger partial charge in [-0.3, -0.25) is 0 Å². The second-order valence-electron chi connectivity index (χ2n) is 6.59. The van der Waals surface area contributed by atoms with Gasteiger partial charge >= 0.3 is 6.18 Å². The second kappa shape index (κ2) is 8.15. The Labute approximate surface area is 189 Å². The molecule has 0 radical (unpaired) electrons. The first kappa shape index (κ1) is 22.7. The van der Waals surface area contributed by atoms with Crippen molar-refractivity contribution in [1.82, 2.24) is 44.5 Å². The maximum Gasteiger partial charge on any atom is 0.433 e. The molecule has 172 valence electrons. The monoisotopic (exact) mass is 499 g/mol. The van der Waals surface area contributed by atoms with Gasteiger partial charge in [0.2, 0.25) is 5.28 Å². The predicted molar refractivity (Wildman–Crippen MR) is 108 cm³/mol. The zero-order chi connectivity index (χ0) is 24.0. The maximum absolute atomic E-state index is 13.0. The van der Waals surface area contributed by atoms with Crippen LogP contribution in [0.25, 0.3) is 28.7 Å². The van der Waals surface area contributed by atoms with E-state index < -0.39 is 21.7 Å². The van der Waals surface area contributed by atoms with Crippen molar-refractivity contribution in [2.75, 3.05) is 5.75 Å². The Morgan fingerprint density at radius 2 is 1.79 bits per heavy atom. The first-order chi connectivity index (χ1) is 15.5. The average molecular weight is 500 g/mol. The summed E-state index contributed by atoms with van der Waals surface area (Å²) in [5, 5.41) is 11.7. The maximum atomic E-state index is 13.0. The smallest absolute Gasteiger partial charge is 0.307 e. The third kappa shape index (κ3) is 4.28. The Balaban J connectivity index is 1.86. The van der Waals surface area contributed by atoms with Gasteiger partial charge in [-0.2, -0.15) is 13.2 Å². The van der Waals surface area contributed by atoms with Gasteiger partial charge in [0.25, 0.3) is 0 Å². The molecule has 0 unspecified atom stereocenters. The number of sulfone groups is 1. The molecular weight excluding hydrogens is 487 g/mol. The summed E-state index contributed by atoms with van der Waals surface area (Å²) < 4.78 is 67.2. The summed E-state index contributed by atoms with van der Waals surface area (Å²) in [6.07, 6.45) is -1.30. The lowest BCUT2D eigenvalue weighted by molar-refractivity contribution is -0.141. The van der Waals surface area contributed by atoms with Crippen molar-refractivity contribution in [3.63, 3.8) is 0 Å². The number of alkyl halides is 3. The van der Waals surface area contributed by atoms with Crippen LogP contribution in [0, 0.1) is 0 Å². The molecule has 0 amide bonds. The van der Waals surface area contributed by atoms with E-state index in [0.29, 0.717) is 0 Å². The molecule has 0 aromatic carbocycles. The fraction of sp³-hybridized carbons (Fsp3) is 0.235. The van der Waals surface area contributed by atoms with E-state index in [9.17, 15) is 21.6 Å². The lowest BCUT2D eigenvalue weighted by atomic mass is 10.3. The minimum absolute atomic E-state index is 0.00682. The van der Waals surface area contributed by atoms with E-state index in [4.69, 9.17) is 11.6 Å². The van der Waals surface area contributed by atoms with Gasteiger partial charge in [-0.05, 0) is 23.7 Å². The number of hydrogen-bond acceptors (Lipinski definition) is 9. The fourth-order valence-electron chi connectivity index (χ4n) is 2.88. The van der Waals surface area contributed by atoms with E-state index in [1.807, 2.05) is 0 Å². The van der Waals surface area contributed by atoms with Gasteiger partial charge in [0.1, 0.15) is 29.7 Å². The standard InChI is InChI=1S/C17H13ClF3N9O2S/c1-3-33(31,32)11-4-9(30-8-25-16(18)28-30)6-22-13(11)15-27-26-14(29(15)2)10-5-12(17(19,20)21)24-7-23-10/h4-8H,3H2,1-2H3. The zero-order valence-electron chi connectivity index (χ0n) is 16.9. The molecule has 16 heteroatoms. The number of nitrogens with zero attached hydrogens (tertiary/aromatic N) is 9. The molecule has 0 aliphatic carbocycles. The highest BCUT2D eigenvalue weighted by Crippen LogP contribution is 2.31. The van der Waals surface area contributed by atoms with Crippen LogP contribution in [-0.2, 0) is 23.1 Å². The van der Waals surface area contributed by atoms with Crippen LogP contribution < -0.4 is 0 Å². The molecule has 0 atom stereocenters. The highest BCUT2D eigenvalue weighted by Gasteiger charge is 2.33. The van der Waals surface area contributed by atoms with Crippen molar-refractivity contribution in [3.8, 4) is 28.7 Å². The number of aromatic nitrogens is 9. The Hall–Kier alpha value is -3.46. The predicted octanol–water partition coefficient (Wildman–Crippen LogP) is 2.38. The molecular formula is C17H13ClF3N9O2S. The SMILES string of the molecule is CCS(=O)(=O)c1cc(-n2cnc(Cl)n2)cnc1-c1nnc(-c2cc(C(F)(F)F)ncn2)n1C. The average Bonchev–Trinajstić information content (AvgIpc) is 3.38. The van der Waals surface area contributed by atoms with E-state index in [1.165, 1.54) is 41.8 Å². The molecule has 33 heavy (non-hydrogen) atoms. The Morgan fingerprint density at radius 3 is 2.42 bits per heavy atom. The lowest BCUT2D eigenvalue weighted by Gasteiger charge is -2.11. The van der Waals surface area contributed by atoms with Crippen molar-refractivity contribution >= 4 is 21.4 Å². The molecule has 0 N–H and O–H groups in total. The molecule has 4 aromatic heterocycles. The van der Waals surface area contributed by atoms with Crippen LogP contribution in [-0.4, -0.2) is 58.7 Å². The van der Waals surface area contributed by atoms with Gasteiger partial charge in [-0.15, -0.1) is 15.3 Å². The molecule has 0 aliphatic rings. The molecule has 0 fully saturated rings. The first-order valence-corrected chi connectivity index (χ1v) is 11.1. The molecule has 0 bridgehead atoms. The number of rotatable bonds is 5. The van der Waals surface area contributed by atoms with Gasteiger partial charge in [0.05, 0.1) is 22.5 Å². The quantitative estimate of drug-likeness (QED) is 0.405. The van der Waals surface area contributed by atoms with E-state index >= 15 is 0 Å². The highest BCUT2D eigenvalue weighted by molar-refractivity contribution is 7.91. The summed E-state index contributed by atoms with van der Waals surface area (Å²) in [6, 6.07) is 2.05. The lowest BCUT2D eigenvalue weighted by Crippen LogP contribution is -2.11. The largest absolute Gasteiger partial charge is 0.433 e.